The van der Waals surface area contributed by atoms with Gasteiger partial charge in [-0.25, -0.2) is 0 Å². The first-order valence-electron chi connectivity index (χ1n) is 4.74. The van der Waals surface area contributed by atoms with Gasteiger partial charge in [0.1, 0.15) is 5.41 Å². The molecule has 0 heterocycles. The Morgan fingerprint density at radius 3 is 1.93 bits per heavy atom. The highest BCUT2D eigenvalue weighted by molar-refractivity contribution is 6.01. The summed E-state index contributed by atoms with van der Waals surface area (Å²) in [5.74, 6) is -1.25. The molecule has 4 heteroatoms. The lowest BCUT2D eigenvalue weighted by atomic mass is 9.91. The first-order valence-corrected chi connectivity index (χ1v) is 4.74. The van der Waals surface area contributed by atoms with E-state index in [0.29, 0.717) is 5.92 Å². The Bertz CT molecular complexity index is 234. The van der Waals surface area contributed by atoms with Gasteiger partial charge >= 0.3 is 5.97 Å². The molecule has 1 amide bonds. The molecule has 82 valence electrons. The summed E-state index contributed by atoms with van der Waals surface area (Å²) in [6.07, 6.45) is 0. The molecule has 0 aliphatic carbocycles. The van der Waals surface area contributed by atoms with Gasteiger partial charge in [0.2, 0.25) is 5.91 Å². The second-order valence-corrected chi connectivity index (χ2v) is 4.44. The molecule has 0 rings (SSSR count). The zero-order chi connectivity index (χ0) is 11.5. The lowest BCUT2D eigenvalue weighted by Crippen LogP contribution is -2.47. The van der Waals surface area contributed by atoms with Gasteiger partial charge in [-0.2, -0.15) is 0 Å². The molecular weight excluding hydrogens is 182 g/mol. The molecular formula is C10H19NO3. The van der Waals surface area contributed by atoms with Crippen molar-refractivity contribution in [2.75, 3.05) is 0 Å². The highest BCUT2D eigenvalue weighted by Gasteiger charge is 2.36. The number of amides is 1. The molecule has 0 bridgehead atoms. The van der Waals surface area contributed by atoms with Gasteiger partial charge in [0.25, 0.3) is 0 Å². The van der Waals surface area contributed by atoms with E-state index in [-0.39, 0.29) is 6.04 Å². The Kier molecular flexibility index (Phi) is 4.10. The van der Waals surface area contributed by atoms with Crippen LogP contribution in [0.4, 0.5) is 0 Å². The largest absolute Gasteiger partial charge is 0.480 e. The molecule has 14 heavy (non-hydrogen) atoms. The molecule has 0 aromatic carbocycles. The summed E-state index contributed by atoms with van der Waals surface area (Å²) in [6.45, 7) is 8.60. The van der Waals surface area contributed by atoms with Crippen molar-refractivity contribution in [2.45, 2.75) is 40.7 Å². The number of hydrogen-bond acceptors (Lipinski definition) is 2. The molecule has 0 radical (unpaired) electrons. The molecule has 0 saturated heterocycles. The predicted octanol–water partition coefficient (Wildman–Crippen LogP) is 1.26. The summed E-state index contributed by atoms with van der Waals surface area (Å²) < 4.78 is 0. The van der Waals surface area contributed by atoms with Crippen LogP contribution >= 0.6 is 0 Å². The minimum absolute atomic E-state index is 0.0128. The summed E-state index contributed by atoms with van der Waals surface area (Å²) >= 11 is 0. The van der Waals surface area contributed by atoms with Crippen molar-refractivity contribution in [3.8, 4) is 0 Å². The van der Waals surface area contributed by atoms with Crippen molar-refractivity contribution in [3.63, 3.8) is 0 Å². The molecule has 0 unspecified atom stereocenters. The second-order valence-electron chi connectivity index (χ2n) is 4.44. The predicted molar refractivity (Wildman–Crippen MR) is 53.9 cm³/mol. The fraction of sp³-hybridized carbons (Fsp3) is 0.800. The number of carboxylic acid groups (broad SMARTS) is 1. The maximum Gasteiger partial charge on any atom is 0.318 e. The quantitative estimate of drug-likeness (QED) is 0.673. The molecule has 0 saturated carbocycles. The Morgan fingerprint density at radius 1 is 1.21 bits per heavy atom. The van der Waals surface area contributed by atoms with Gasteiger partial charge < -0.3 is 10.4 Å². The smallest absolute Gasteiger partial charge is 0.318 e. The lowest BCUT2D eigenvalue weighted by molar-refractivity contribution is -0.153. The molecule has 1 atom stereocenters. The minimum Gasteiger partial charge on any atom is -0.480 e. The molecule has 0 fully saturated rings. The van der Waals surface area contributed by atoms with Crippen LogP contribution < -0.4 is 5.32 Å². The van der Waals surface area contributed by atoms with Gasteiger partial charge in [0.05, 0.1) is 0 Å². The summed E-state index contributed by atoms with van der Waals surface area (Å²) in [7, 11) is 0. The average Bonchev–Trinajstić information content (AvgIpc) is 2.03. The van der Waals surface area contributed by atoms with E-state index in [1.54, 1.807) is 0 Å². The zero-order valence-electron chi connectivity index (χ0n) is 9.42. The van der Waals surface area contributed by atoms with Crippen LogP contribution in [0.1, 0.15) is 34.6 Å². The molecule has 0 spiro atoms. The Morgan fingerprint density at radius 2 is 1.64 bits per heavy atom. The molecule has 0 aliphatic rings. The van der Waals surface area contributed by atoms with Gasteiger partial charge in [-0.15, -0.1) is 0 Å². The van der Waals surface area contributed by atoms with Crippen molar-refractivity contribution in [1.29, 1.82) is 0 Å². The van der Waals surface area contributed by atoms with Crippen LogP contribution in [0.2, 0.25) is 0 Å². The van der Waals surface area contributed by atoms with E-state index in [4.69, 9.17) is 5.11 Å². The lowest BCUT2D eigenvalue weighted by Gasteiger charge is -2.23. The highest BCUT2D eigenvalue weighted by atomic mass is 16.4. The van der Waals surface area contributed by atoms with Crippen LogP contribution in [0.25, 0.3) is 0 Å². The van der Waals surface area contributed by atoms with Crippen molar-refractivity contribution in [3.05, 3.63) is 0 Å². The Balaban J connectivity index is 4.43. The number of nitrogens with one attached hydrogen (secondary N) is 1. The van der Waals surface area contributed by atoms with E-state index >= 15 is 0 Å². The standard InChI is InChI=1S/C10H19NO3/c1-6(2)7(3)11-8(12)10(4,5)9(13)14/h6-7H,1-5H3,(H,11,12)(H,13,14)/t7-/m1/s1. The second kappa shape index (κ2) is 4.44. The van der Waals surface area contributed by atoms with Crippen LogP contribution in [0.5, 0.6) is 0 Å². The third-order valence-electron chi connectivity index (χ3n) is 2.46. The van der Waals surface area contributed by atoms with Crippen LogP contribution in [-0.2, 0) is 9.59 Å². The van der Waals surface area contributed by atoms with Crippen LogP contribution in [0.3, 0.4) is 0 Å². The van der Waals surface area contributed by atoms with Gasteiger partial charge in [-0.3, -0.25) is 9.59 Å². The molecule has 2 N–H and O–H groups in total. The first-order chi connectivity index (χ1) is 6.19. The van der Waals surface area contributed by atoms with Crippen LogP contribution in [-0.4, -0.2) is 23.0 Å². The molecule has 4 nitrogen and oxygen atoms in total. The van der Waals surface area contributed by atoms with Crippen molar-refractivity contribution in [2.24, 2.45) is 11.3 Å². The molecule has 0 aromatic heterocycles. The number of aliphatic carboxylic acids is 1. The SMILES string of the molecule is CC(C)[C@@H](C)NC(=O)C(C)(C)C(=O)O. The van der Waals surface area contributed by atoms with E-state index in [2.05, 4.69) is 5.32 Å². The van der Waals surface area contributed by atoms with Crippen LogP contribution in [0, 0.1) is 11.3 Å². The summed E-state index contributed by atoms with van der Waals surface area (Å²) in [5, 5.41) is 11.5. The van der Waals surface area contributed by atoms with E-state index in [9.17, 15) is 9.59 Å². The number of carbonyl (C=O) groups is 2. The van der Waals surface area contributed by atoms with Crippen molar-refractivity contribution in [1.82, 2.24) is 5.32 Å². The van der Waals surface area contributed by atoms with Gasteiger partial charge in [-0.05, 0) is 26.7 Å². The van der Waals surface area contributed by atoms with Gasteiger partial charge in [-0.1, -0.05) is 13.8 Å². The van der Waals surface area contributed by atoms with E-state index in [1.807, 2.05) is 20.8 Å². The van der Waals surface area contributed by atoms with E-state index in [1.165, 1.54) is 13.8 Å². The molecule has 0 aliphatic heterocycles. The number of rotatable bonds is 4. The summed E-state index contributed by atoms with van der Waals surface area (Å²) in [5.41, 5.74) is -1.36. The van der Waals surface area contributed by atoms with Gasteiger partial charge in [0, 0.05) is 6.04 Å². The number of carboxylic acids is 1. The summed E-state index contributed by atoms with van der Waals surface area (Å²) in [6, 6.07) is -0.0128. The topological polar surface area (TPSA) is 66.4 Å². The maximum absolute atomic E-state index is 11.5. The van der Waals surface area contributed by atoms with Crippen molar-refractivity contribution < 1.29 is 14.7 Å². The monoisotopic (exact) mass is 201 g/mol. The average molecular weight is 201 g/mol. The fourth-order valence-electron chi connectivity index (χ4n) is 0.651. The minimum atomic E-state index is -1.36. The number of hydrogen-bond donors (Lipinski definition) is 2. The summed E-state index contributed by atoms with van der Waals surface area (Å²) in [4.78, 5) is 22.3. The Hall–Kier alpha value is -1.06. The Labute approximate surface area is 84.7 Å². The zero-order valence-corrected chi connectivity index (χ0v) is 9.42. The third kappa shape index (κ3) is 3.01. The van der Waals surface area contributed by atoms with Crippen molar-refractivity contribution >= 4 is 11.9 Å². The van der Waals surface area contributed by atoms with E-state index < -0.39 is 17.3 Å². The molecule has 0 aromatic rings. The van der Waals surface area contributed by atoms with Gasteiger partial charge in [0.15, 0.2) is 0 Å². The van der Waals surface area contributed by atoms with E-state index in [0.717, 1.165) is 0 Å². The fourth-order valence-corrected chi connectivity index (χ4v) is 0.651. The number of carbonyl (C=O) groups excluding carboxylic acids is 1. The highest BCUT2D eigenvalue weighted by Crippen LogP contribution is 2.16. The normalized spacial score (nSPS) is 13.9. The third-order valence-corrected chi connectivity index (χ3v) is 2.46. The van der Waals surface area contributed by atoms with Crippen LogP contribution in [0.15, 0.2) is 0 Å². The first kappa shape index (κ1) is 12.9. The maximum atomic E-state index is 11.5.